The highest BCUT2D eigenvalue weighted by molar-refractivity contribution is 6.30. The molecule has 0 N–H and O–H groups in total. The van der Waals surface area contributed by atoms with Crippen molar-refractivity contribution < 1.29 is 27.1 Å². The molecule has 4 rings (SSSR count). The van der Waals surface area contributed by atoms with Gasteiger partial charge in [0.05, 0.1) is 5.56 Å². The fourth-order valence-corrected chi connectivity index (χ4v) is 2.82. The van der Waals surface area contributed by atoms with Crippen LogP contribution in [-0.2, 0) is 15.7 Å². The summed E-state index contributed by atoms with van der Waals surface area (Å²) in [5.74, 6) is -0.0452. The summed E-state index contributed by atoms with van der Waals surface area (Å²) in [5, 5.41) is 0.534. The number of rotatable bonds is 3. The Morgan fingerprint density at radius 3 is 2.45 bits per heavy atom. The van der Waals surface area contributed by atoms with Crippen LogP contribution >= 0.6 is 11.6 Å². The fraction of sp³-hybridized carbons (Fsp3) is 0.0476. The van der Waals surface area contributed by atoms with Crippen LogP contribution in [-0.4, -0.2) is 11.9 Å². The van der Waals surface area contributed by atoms with Crippen LogP contribution in [0.4, 0.5) is 13.2 Å². The largest absolute Gasteiger partial charge is 0.457 e. The lowest BCUT2D eigenvalue weighted by molar-refractivity contribution is -0.137. The molecule has 0 spiro atoms. The van der Waals surface area contributed by atoms with Gasteiger partial charge < -0.3 is 9.15 Å². The zero-order valence-corrected chi connectivity index (χ0v) is 15.3. The van der Waals surface area contributed by atoms with Crippen molar-refractivity contribution in [3.8, 4) is 11.3 Å². The Bertz CT molecular complexity index is 1140. The number of hydrogen-bond acceptors (Lipinski definition) is 4. The number of ether oxygens (including phenoxy) is 1. The third kappa shape index (κ3) is 4.09. The quantitative estimate of drug-likeness (QED) is 0.390. The topological polar surface area (TPSA) is 51.8 Å². The summed E-state index contributed by atoms with van der Waals surface area (Å²) >= 11 is 5.84. The maximum atomic E-state index is 12.9. The van der Waals surface area contributed by atoms with Gasteiger partial charge in [0.2, 0.25) is 5.90 Å². The Kier molecular flexibility index (Phi) is 4.76. The second-order valence-corrected chi connectivity index (χ2v) is 6.56. The van der Waals surface area contributed by atoms with E-state index in [-0.39, 0.29) is 28.7 Å². The van der Waals surface area contributed by atoms with E-state index in [1.54, 1.807) is 24.3 Å². The number of furan rings is 1. The third-order valence-electron chi connectivity index (χ3n) is 4.09. The Morgan fingerprint density at radius 1 is 0.966 bits per heavy atom. The van der Waals surface area contributed by atoms with Crippen molar-refractivity contribution in [3.05, 3.63) is 88.3 Å². The summed E-state index contributed by atoms with van der Waals surface area (Å²) in [4.78, 5) is 16.2. The minimum absolute atomic E-state index is 0.0138. The van der Waals surface area contributed by atoms with Gasteiger partial charge in [-0.15, -0.1) is 0 Å². The number of esters is 1. The summed E-state index contributed by atoms with van der Waals surface area (Å²) < 4.78 is 49.4. The maximum absolute atomic E-state index is 12.9. The van der Waals surface area contributed by atoms with Crippen LogP contribution in [0.2, 0.25) is 5.02 Å². The van der Waals surface area contributed by atoms with Crippen LogP contribution in [0.5, 0.6) is 0 Å². The van der Waals surface area contributed by atoms with Gasteiger partial charge in [-0.1, -0.05) is 23.7 Å². The third-order valence-corrected chi connectivity index (χ3v) is 4.34. The summed E-state index contributed by atoms with van der Waals surface area (Å²) in [6.45, 7) is 0. The minimum atomic E-state index is -4.45. The molecule has 0 saturated heterocycles. The number of aliphatic imine (C=N–C) groups is 1. The molecule has 8 heteroatoms. The van der Waals surface area contributed by atoms with Crippen molar-refractivity contribution in [1.29, 1.82) is 0 Å². The standard InChI is InChI=1S/C21H11ClF3NO3/c22-15-6-4-12(5-7-15)19-26-17(20(27)29-19)11-16-8-9-18(28-16)13-2-1-3-14(10-13)21(23,24)25/h1-11H/b17-11-. The zero-order valence-electron chi connectivity index (χ0n) is 14.5. The number of alkyl halides is 3. The second-order valence-electron chi connectivity index (χ2n) is 6.12. The number of carbonyl (C=O) groups is 1. The molecule has 1 aliphatic rings. The first-order chi connectivity index (χ1) is 13.8. The van der Waals surface area contributed by atoms with Crippen LogP contribution in [0.1, 0.15) is 16.9 Å². The first-order valence-corrected chi connectivity index (χ1v) is 8.73. The van der Waals surface area contributed by atoms with E-state index < -0.39 is 17.7 Å². The number of cyclic esters (lactones) is 1. The molecule has 0 fully saturated rings. The number of benzene rings is 2. The van der Waals surface area contributed by atoms with Gasteiger partial charge in [0.25, 0.3) is 0 Å². The summed E-state index contributed by atoms with van der Waals surface area (Å²) in [6, 6.07) is 14.4. The molecular formula is C21H11ClF3NO3. The summed E-state index contributed by atoms with van der Waals surface area (Å²) in [5.41, 5.74) is 0.0850. The molecule has 0 aliphatic carbocycles. The predicted molar refractivity (Wildman–Crippen MR) is 101 cm³/mol. The highest BCUT2D eigenvalue weighted by Crippen LogP contribution is 2.33. The number of nitrogens with zero attached hydrogens (tertiary/aromatic N) is 1. The van der Waals surface area contributed by atoms with Crippen molar-refractivity contribution in [2.45, 2.75) is 6.18 Å². The Labute approximate surface area is 167 Å². The smallest absolute Gasteiger partial charge is 0.416 e. The van der Waals surface area contributed by atoms with Gasteiger partial charge in [0.15, 0.2) is 5.70 Å². The predicted octanol–water partition coefficient (Wildman–Crippen LogP) is 5.96. The zero-order chi connectivity index (χ0) is 20.6. The van der Waals surface area contributed by atoms with Crippen molar-refractivity contribution >= 4 is 29.5 Å². The molecule has 2 aromatic carbocycles. The molecule has 0 radical (unpaired) electrons. The SMILES string of the molecule is O=C1OC(c2ccc(Cl)cc2)=N/C1=C\c1ccc(-c2cccc(C(F)(F)F)c2)o1. The Balaban J connectivity index is 1.61. The lowest BCUT2D eigenvalue weighted by atomic mass is 10.1. The molecule has 1 aromatic heterocycles. The fourth-order valence-electron chi connectivity index (χ4n) is 2.69. The van der Waals surface area contributed by atoms with Gasteiger partial charge in [-0.25, -0.2) is 9.79 Å². The molecule has 4 nitrogen and oxygen atoms in total. The normalized spacial score (nSPS) is 15.5. The summed E-state index contributed by atoms with van der Waals surface area (Å²) in [6.07, 6.45) is -3.09. The first-order valence-electron chi connectivity index (χ1n) is 8.35. The van der Waals surface area contributed by atoms with E-state index in [0.29, 0.717) is 10.6 Å². The van der Waals surface area contributed by atoms with Crippen LogP contribution in [0.3, 0.4) is 0 Å². The van der Waals surface area contributed by atoms with Gasteiger partial charge >= 0.3 is 12.1 Å². The van der Waals surface area contributed by atoms with Crippen LogP contribution in [0.15, 0.2) is 75.8 Å². The van der Waals surface area contributed by atoms with E-state index in [4.69, 9.17) is 20.8 Å². The summed E-state index contributed by atoms with van der Waals surface area (Å²) in [7, 11) is 0. The lowest BCUT2D eigenvalue weighted by Gasteiger charge is -2.07. The van der Waals surface area contributed by atoms with E-state index in [9.17, 15) is 18.0 Å². The van der Waals surface area contributed by atoms with Gasteiger partial charge in [-0.05, 0) is 48.5 Å². The average Bonchev–Trinajstić information content (AvgIpc) is 3.29. The molecule has 0 unspecified atom stereocenters. The average molecular weight is 418 g/mol. The molecule has 2 heterocycles. The van der Waals surface area contributed by atoms with E-state index in [0.717, 1.165) is 12.1 Å². The van der Waals surface area contributed by atoms with E-state index >= 15 is 0 Å². The monoisotopic (exact) mass is 417 g/mol. The number of halogens is 4. The first kappa shape index (κ1) is 19.0. The van der Waals surface area contributed by atoms with E-state index in [1.165, 1.54) is 30.3 Å². The van der Waals surface area contributed by atoms with Crippen molar-refractivity contribution in [1.82, 2.24) is 0 Å². The van der Waals surface area contributed by atoms with Crippen LogP contribution in [0, 0.1) is 0 Å². The Morgan fingerprint density at radius 2 is 1.72 bits per heavy atom. The molecule has 29 heavy (non-hydrogen) atoms. The highest BCUT2D eigenvalue weighted by Gasteiger charge is 2.30. The highest BCUT2D eigenvalue weighted by atomic mass is 35.5. The van der Waals surface area contributed by atoms with Crippen LogP contribution < -0.4 is 0 Å². The second kappa shape index (κ2) is 7.25. The molecule has 1 aliphatic heterocycles. The van der Waals surface area contributed by atoms with Gasteiger partial charge in [-0.3, -0.25) is 0 Å². The van der Waals surface area contributed by atoms with Gasteiger partial charge in [-0.2, -0.15) is 13.2 Å². The molecule has 3 aromatic rings. The molecule has 0 saturated carbocycles. The maximum Gasteiger partial charge on any atom is 0.416 e. The van der Waals surface area contributed by atoms with E-state index in [1.807, 2.05) is 0 Å². The lowest BCUT2D eigenvalue weighted by Crippen LogP contribution is -2.05. The number of carbonyl (C=O) groups excluding carboxylic acids is 1. The minimum Gasteiger partial charge on any atom is -0.457 e. The van der Waals surface area contributed by atoms with E-state index in [2.05, 4.69) is 4.99 Å². The molecule has 146 valence electrons. The van der Waals surface area contributed by atoms with Gasteiger partial charge in [0.1, 0.15) is 11.5 Å². The molecule has 0 bridgehead atoms. The Hall–Kier alpha value is -3.32. The van der Waals surface area contributed by atoms with Gasteiger partial charge in [0, 0.05) is 22.2 Å². The van der Waals surface area contributed by atoms with Crippen molar-refractivity contribution in [2.75, 3.05) is 0 Å². The van der Waals surface area contributed by atoms with Crippen molar-refractivity contribution in [2.24, 2.45) is 4.99 Å². The molecular weight excluding hydrogens is 407 g/mol. The van der Waals surface area contributed by atoms with Crippen molar-refractivity contribution in [3.63, 3.8) is 0 Å². The van der Waals surface area contributed by atoms with Crippen LogP contribution in [0.25, 0.3) is 17.4 Å². The molecule has 0 atom stereocenters. The number of hydrogen-bond donors (Lipinski definition) is 0. The molecule has 0 amide bonds.